The Morgan fingerprint density at radius 1 is 1.20 bits per heavy atom. The van der Waals surface area contributed by atoms with E-state index >= 15 is 0 Å². The summed E-state index contributed by atoms with van der Waals surface area (Å²) in [7, 11) is 0. The molecule has 0 saturated heterocycles. The number of nitrogens with zero attached hydrogens (tertiary/aromatic N) is 4. The third-order valence-electron chi connectivity index (χ3n) is 4.67. The minimum atomic E-state index is -0.652. The third-order valence-corrected chi connectivity index (χ3v) is 4.67. The molecule has 10 nitrogen and oxygen atoms in total. The molecule has 0 bridgehead atoms. The first-order chi connectivity index (χ1) is 17.0. The quantitative estimate of drug-likeness (QED) is 0.199. The standard InChI is InChI=1S/C23H25F2N7O3/c24-16-6-2-1-5-15(16)13-29-20(19-7-10-35-32-19)11-18(27)23-30-14-17(25)22(31-23)28-8-3-4-9-34-21(33)12-26/h1-2,5-7,10-11,14H,3-4,8-9,12-13,26-27H2,(H,28,30,31). The number of carbonyl (C=O) groups excluding carboxylic acids is 1. The Labute approximate surface area is 200 Å². The fourth-order valence-corrected chi connectivity index (χ4v) is 2.86. The lowest BCUT2D eigenvalue weighted by Crippen LogP contribution is -2.17. The van der Waals surface area contributed by atoms with Crippen LogP contribution in [0.5, 0.6) is 0 Å². The highest BCUT2D eigenvalue weighted by Crippen LogP contribution is 2.15. The molecule has 0 aliphatic rings. The molecule has 0 aliphatic heterocycles. The van der Waals surface area contributed by atoms with Crippen molar-refractivity contribution in [2.45, 2.75) is 19.4 Å². The molecular weight excluding hydrogens is 460 g/mol. The number of allylic oxidation sites excluding steroid dienone is 1. The molecule has 3 aromatic rings. The maximum atomic E-state index is 14.2. The second-order valence-corrected chi connectivity index (χ2v) is 7.23. The molecule has 0 amide bonds. The fraction of sp³-hybridized carbons (Fsp3) is 0.261. The molecule has 0 fully saturated rings. The summed E-state index contributed by atoms with van der Waals surface area (Å²) in [6.45, 7) is 0.470. The molecule has 0 saturated carbocycles. The number of unbranched alkanes of at least 4 members (excludes halogenated alkanes) is 1. The molecule has 2 aromatic heterocycles. The van der Waals surface area contributed by atoms with Gasteiger partial charge in [0.25, 0.3) is 0 Å². The number of hydrogen-bond donors (Lipinski definition) is 3. The zero-order chi connectivity index (χ0) is 25.0. The van der Waals surface area contributed by atoms with Crippen LogP contribution in [0.2, 0.25) is 0 Å². The van der Waals surface area contributed by atoms with Crippen LogP contribution in [0.4, 0.5) is 14.6 Å². The van der Waals surface area contributed by atoms with Crippen molar-refractivity contribution in [2.75, 3.05) is 25.0 Å². The molecule has 1 aromatic carbocycles. The molecule has 0 radical (unpaired) electrons. The number of carbonyl (C=O) groups is 1. The van der Waals surface area contributed by atoms with Gasteiger partial charge in [-0.1, -0.05) is 23.4 Å². The lowest BCUT2D eigenvalue weighted by Gasteiger charge is -2.09. The van der Waals surface area contributed by atoms with Crippen LogP contribution in [0, 0.1) is 11.6 Å². The maximum Gasteiger partial charge on any atom is 0.319 e. The Morgan fingerprint density at radius 3 is 2.77 bits per heavy atom. The number of nitrogens with two attached hydrogens (primary N) is 2. The van der Waals surface area contributed by atoms with Crippen LogP contribution in [0.1, 0.15) is 29.9 Å². The van der Waals surface area contributed by atoms with Gasteiger partial charge in [-0.05, 0) is 25.0 Å². The van der Waals surface area contributed by atoms with Crippen molar-refractivity contribution >= 4 is 23.2 Å². The number of nitrogens with one attached hydrogen (secondary N) is 1. The number of halogens is 2. The van der Waals surface area contributed by atoms with Gasteiger partial charge in [0.15, 0.2) is 17.5 Å². The van der Waals surface area contributed by atoms with Crippen molar-refractivity contribution in [1.29, 1.82) is 0 Å². The number of benzene rings is 1. The average Bonchev–Trinajstić information content (AvgIpc) is 3.40. The van der Waals surface area contributed by atoms with Crippen molar-refractivity contribution in [3.63, 3.8) is 0 Å². The second kappa shape index (κ2) is 12.9. The molecule has 5 N–H and O–H groups in total. The Kier molecular flexibility index (Phi) is 9.37. The molecule has 0 aliphatic carbocycles. The first-order valence-electron chi connectivity index (χ1n) is 10.8. The van der Waals surface area contributed by atoms with Gasteiger partial charge in [0.05, 0.1) is 37.3 Å². The highest BCUT2D eigenvalue weighted by atomic mass is 19.1. The normalized spacial score (nSPS) is 12.0. The van der Waals surface area contributed by atoms with Crippen molar-refractivity contribution in [3.05, 3.63) is 77.6 Å². The third kappa shape index (κ3) is 7.67. The average molecular weight is 485 g/mol. The van der Waals surface area contributed by atoms with Gasteiger partial charge in [-0.15, -0.1) is 0 Å². The van der Waals surface area contributed by atoms with Crippen LogP contribution >= 0.6 is 0 Å². The van der Waals surface area contributed by atoms with E-state index in [1.807, 2.05) is 0 Å². The number of hydrogen-bond acceptors (Lipinski definition) is 10. The molecule has 184 valence electrons. The van der Waals surface area contributed by atoms with Gasteiger partial charge in [-0.25, -0.2) is 18.7 Å². The molecule has 2 heterocycles. The van der Waals surface area contributed by atoms with Crippen LogP contribution in [-0.2, 0) is 16.1 Å². The zero-order valence-electron chi connectivity index (χ0n) is 18.8. The summed E-state index contributed by atoms with van der Waals surface area (Å²) in [6, 6.07) is 7.84. The highest BCUT2D eigenvalue weighted by Gasteiger charge is 2.12. The van der Waals surface area contributed by atoms with E-state index in [4.69, 9.17) is 20.7 Å². The Bertz CT molecular complexity index is 1180. The maximum absolute atomic E-state index is 14.2. The van der Waals surface area contributed by atoms with E-state index in [1.54, 1.807) is 24.3 Å². The summed E-state index contributed by atoms with van der Waals surface area (Å²) in [4.78, 5) is 23.5. The molecule has 12 heteroatoms. The minimum Gasteiger partial charge on any atom is -0.465 e. The Morgan fingerprint density at radius 2 is 2.03 bits per heavy atom. The topological polar surface area (TPSA) is 155 Å². The van der Waals surface area contributed by atoms with Gasteiger partial charge in [-0.3, -0.25) is 9.79 Å². The fourth-order valence-electron chi connectivity index (χ4n) is 2.86. The van der Waals surface area contributed by atoms with Crippen molar-refractivity contribution < 1.29 is 22.8 Å². The van der Waals surface area contributed by atoms with Crippen molar-refractivity contribution in [1.82, 2.24) is 15.1 Å². The van der Waals surface area contributed by atoms with Gasteiger partial charge in [0.2, 0.25) is 0 Å². The summed E-state index contributed by atoms with van der Waals surface area (Å²) in [5.74, 6) is -1.48. The van der Waals surface area contributed by atoms with Crippen molar-refractivity contribution in [3.8, 4) is 0 Å². The van der Waals surface area contributed by atoms with E-state index in [1.165, 1.54) is 18.4 Å². The first kappa shape index (κ1) is 25.4. The van der Waals surface area contributed by atoms with E-state index in [-0.39, 0.29) is 42.9 Å². The monoisotopic (exact) mass is 485 g/mol. The molecule has 35 heavy (non-hydrogen) atoms. The van der Waals surface area contributed by atoms with E-state index in [0.29, 0.717) is 36.4 Å². The minimum absolute atomic E-state index is 0.0309. The van der Waals surface area contributed by atoms with E-state index in [9.17, 15) is 13.6 Å². The first-order valence-corrected chi connectivity index (χ1v) is 10.8. The summed E-state index contributed by atoms with van der Waals surface area (Å²) >= 11 is 0. The van der Waals surface area contributed by atoms with E-state index < -0.39 is 11.8 Å². The molecule has 0 atom stereocenters. The number of esters is 1. The van der Waals surface area contributed by atoms with Crippen LogP contribution in [0.15, 0.2) is 58.4 Å². The number of aromatic nitrogens is 3. The predicted molar refractivity (Wildman–Crippen MR) is 125 cm³/mol. The summed E-state index contributed by atoms with van der Waals surface area (Å²) in [5, 5.41) is 6.73. The van der Waals surface area contributed by atoms with Crippen LogP contribution < -0.4 is 16.8 Å². The lowest BCUT2D eigenvalue weighted by molar-refractivity contribution is -0.142. The largest absolute Gasteiger partial charge is 0.465 e. The van der Waals surface area contributed by atoms with Gasteiger partial charge in [0, 0.05) is 18.2 Å². The lowest BCUT2D eigenvalue weighted by atomic mass is 10.2. The highest BCUT2D eigenvalue weighted by molar-refractivity contribution is 6.10. The summed E-state index contributed by atoms with van der Waals surface area (Å²) in [5.41, 5.74) is 12.5. The van der Waals surface area contributed by atoms with Crippen molar-refractivity contribution in [2.24, 2.45) is 16.5 Å². The number of anilines is 1. The SMILES string of the molecule is NCC(=O)OCCCCNc1nc(C(N)=CC(=NCc2ccccc2F)c2ccon2)ncc1F. The van der Waals surface area contributed by atoms with Crippen LogP contribution in [0.3, 0.4) is 0 Å². The van der Waals surface area contributed by atoms with Gasteiger partial charge in [-0.2, -0.15) is 0 Å². The summed E-state index contributed by atoms with van der Waals surface area (Å²) < 4.78 is 37.9. The molecular formula is C23H25F2N7O3. The smallest absolute Gasteiger partial charge is 0.319 e. The predicted octanol–water partition coefficient (Wildman–Crippen LogP) is 2.43. The molecule has 3 rings (SSSR count). The Balaban J connectivity index is 1.70. The van der Waals surface area contributed by atoms with E-state index in [0.717, 1.165) is 6.20 Å². The summed E-state index contributed by atoms with van der Waals surface area (Å²) in [6.07, 6.45) is 4.99. The second-order valence-electron chi connectivity index (χ2n) is 7.23. The van der Waals surface area contributed by atoms with Gasteiger partial charge < -0.3 is 26.0 Å². The Hall–Kier alpha value is -4.19. The van der Waals surface area contributed by atoms with Gasteiger partial charge in [0.1, 0.15) is 17.8 Å². The number of aliphatic imine (C=N–C) groups is 1. The number of rotatable bonds is 12. The zero-order valence-corrected chi connectivity index (χ0v) is 18.8. The van der Waals surface area contributed by atoms with Gasteiger partial charge >= 0.3 is 5.97 Å². The molecule has 0 spiro atoms. The van der Waals surface area contributed by atoms with Crippen LogP contribution in [-0.4, -0.2) is 46.5 Å². The van der Waals surface area contributed by atoms with E-state index in [2.05, 4.69) is 25.4 Å². The molecule has 0 unspecified atom stereocenters. The van der Waals surface area contributed by atoms with Crippen LogP contribution in [0.25, 0.3) is 5.70 Å². The number of ether oxygens (including phenoxy) is 1.